The minimum Gasteiger partial charge on any atom is -0.330 e. The smallest absolute Gasteiger partial charge is 0.270 e. The summed E-state index contributed by atoms with van der Waals surface area (Å²) in [5.41, 5.74) is 6.03. The van der Waals surface area contributed by atoms with E-state index in [1.165, 1.54) is 12.1 Å². The topological polar surface area (TPSA) is 111 Å². The molecule has 2 rings (SSSR count). The summed E-state index contributed by atoms with van der Waals surface area (Å²) in [5, 5.41) is 17.4. The van der Waals surface area contributed by atoms with Gasteiger partial charge in [0.05, 0.1) is 4.92 Å². The maximum atomic E-state index is 10.6. The van der Waals surface area contributed by atoms with Crippen LogP contribution in [0.2, 0.25) is 0 Å². The van der Waals surface area contributed by atoms with Crippen molar-refractivity contribution in [2.45, 2.75) is 6.42 Å². The number of hydrogen-bond acceptors (Lipinski definition) is 5. The van der Waals surface area contributed by atoms with Gasteiger partial charge in [0, 0.05) is 24.1 Å². The normalized spacial score (nSPS) is 9.83. The third-order valence-electron chi connectivity index (χ3n) is 2.23. The number of benzene rings is 1. The van der Waals surface area contributed by atoms with Gasteiger partial charge in [0.2, 0.25) is 0 Å². The van der Waals surface area contributed by atoms with Crippen molar-refractivity contribution in [3.8, 4) is 11.4 Å². The Morgan fingerprint density at radius 1 is 1.44 bits per heavy atom. The van der Waals surface area contributed by atoms with Crippen LogP contribution in [0.5, 0.6) is 0 Å². The predicted molar refractivity (Wildman–Crippen MR) is 68.5 cm³/mol. The van der Waals surface area contributed by atoms with Crippen molar-refractivity contribution in [1.29, 1.82) is 0 Å². The van der Waals surface area contributed by atoms with E-state index < -0.39 is 4.92 Å². The van der Waals surface area contributed by atoms with Crippen molar-refractivity contribution in [1.82, 2.24) is 15.2 Å². The van der Waals surface area contributed by atoms with Crippen molar-refractivity contribution in [3.63, 3.8) is 0 Å². The van der Waals surface area contributed by atoms with Crippen LogP contribution in [0.15, 0.2) is 24.3 Å². The lowest BCUT2D eigenvalue weighted by molar-refractivity contribution is -0.384. The molecular weight excluding hydrogens is 258 g/mol. The number of nitrogens with one attached hydrogen (secondary N) is 1. The first kappa shape index (κ1) is 14.1. The average molecular weight is 270 g/mol. The zero-order valence-corrected chi connectivity index (χ0v) is 10.2. The van der Waals surface area contributed by atoms with Crippen molar-refractivity contribution >= 4 is 18.1 Å². The van der Waals surface area contributed by atoms with E-state index in [0.717, 1.165) is 0 Å². The highest BCUT2D eigenvalue weighted by Gasteiger charge is 2.10. The molecule has 0 amide bonds. The molecule has 1 aromatic heterocycles. The zero-order chi connectivity index (χ0) is 12.3. The summed E-state index contributed by atoms with van der Waals surface area (Å²) in [6, 6.07) is 6.20. The fraction of sp³-hybridized carbons (Fsp3) is 0.200. The van der Waals surface area contributed by atoms with E-state index >= 15 is 0 Å². The molecule has 0 spiro atoms. The van der Waals surface area contributed by atoms with Crippen molar-refractivity contribution in [3.05, 3.63) is 40.2 Å². The van der Waals surface area contributed by atoms with Gasteiger partial charge in [0.25, 0.3) is 5.69 Å². The van der Waals surface area contributed by atoms with Gasteiger partial charge in [-0.2, -0.15) is 5.10 Å². The number of aromatic amines is 1. The minimum atomic E-state index is -0.447. The van der Waals surface area contributed by atoms with E-state index in [9.17, 15) is 10.1 Å². The van der Waals surface area contributed by atoms with E-state index in [1.807, 2.05) is 0 Å². The van der Waals surface area contributed by atoms with Crippen LogP contribution in [0.3, 0.4) is 0 Å². The van der Waals surface area contributed by atoms with Crippen LogP contribution < -0.4 is 5.73 Å². The Balaban J connectivity index is 0.00000162. The second-order valence-electron chi connectivity index (χ2n) is 3.45. The Labute approximate surface area is 109 Å². The van der Waals surface area contributed by atoms with Crippen LogP contribution in [0.4, 0.5) is 5.69 Å². The molecular formula is C10H12ClN5O2. The lowest BCUT2D eigenvalue weighted by atomic mass is 10.2. The number of hydrogen-bond donors (Lipinski definition) is 2. The van der Waals surface area contributed by atoms with E-state index in [4.69, 9.17) is 5.73 Å². The number of nitrogens with zero attached hydrogens (tertiary/aromatic N) is 3. The number of aromatic nitrogens is 3. The molecule has 7 nitrogen and oxygen atoms in total. The molecule has 3 N–H and O–H groups in total. The highest BCUT2D eigenvalue weighted by atomic mass is 35.5. The van der Waals surface area contributed by atoms with Gasteiger partial charge in [-0.25, -0.2) is 4.98 Å². The second-order valence-corrected chi connectivity index (χ2v) is 3.45. The van der Waals surface area contributed by atoms with Gasteiger partial charge < -0.3 is 5.73 Å². The van der Waals surface area contributed by atoms with E-state index in [-0.39, 0.29) is 18.1 Å². The third-order valence-corrected chi connectivity index (χ3v) is 2.23. The van der Waals surface area contributed by atoms with Crippen molar-refractivity contribution in [2.75, 3.05) is 6.54 Å². The summed E-state index contributed by atoms with van der Waals surface area (Å²) in [6.07, 6.45) is 0.599. The Morgan fingerprint density at radius 2 is 2.22 bits per heavy atom. The highest BCUT2D eigenvalue weighted by Crippen LogP contribution is 2.20. The fourth-order valence-corrected chi connectivity index (χ4v) is 1.43. The highest BCUT2D eigenvalue weighted by molar-refractivity contribution is 5.85. The van der Waals surface area contributed by atoms with Gasteiger partial charge in [0.15, 0.2) is 5.82 Å². The zero-order valence-electron chi connectivity index (χ0n) is 9.37. The largest absolute Gasteiger partial charge is 0.330 e. The predicted octanol–water partition coefficient (Wildman–Crippen LogP) is 1.30. The molecule has 0 saturated carbocycles. The van der Waals surface area contributed by atoms with Crippen LogP contribution in [0.25, 0.3) is 11.4 Å². The molecule has 0 aliphatic rings. The summed E-state index contributed by atoms with van der Waals surface area (Å²) in [6.45, 7) is 0.476. The molecule has 1 heterocycles. The van der Waals surface area contributed by atoms with Crippen molar-refractivity contribution < 1.29 is 4.92 Å². The molecule has 0 saturated heterocycles. The van der Waals surface area contributed by atoms with Crippen LogP contribution >= 0.6 is 12.4 Å². The van der Waals surface area contributed by atoms with Crippen LogP contribution in [-0.4, -0.2) is 26.6 Å². The maximum Gasteiger partial charge on any atom is 0.270 e. The lowest BCUT2D eigenvalue weighted by Crippen LogP contribution is -2.03. The standard InChI is InChI=1S/C10H11N5O2.ClH/c11-5-4-9-12-10(14-13-9)7-2-1-3-8(6-7)15(16)17;/h1-3,6H,4-5,11H2,(H,12,13,14);1H. The van der Waals surface area contributed by atoms with E-state index in [0.29, 0.717) is 30.2 Å². The van der Waals surface area contributed by atoms with Gasteiger partial charge in [-0.3, -0.25) is 15.2 Å². The fourth-order valence-electron chi connectivity index (χ4n) is 1.43. The molecule has 0 radical (unpaired) electrons. The monoisotopic (exact) mass is 269 g/mol. The molecule has 0 bridgehead atoms. The molecule has 8 heteroatoms. The SMILES string of the molecule is Cl.NCCc1nc(-c2cccc([N+](=O)[O-])c2)n[nH]1. The molecule has 0 unspecified atom stereocenters. The number of rotatable bonds is 4. The van der Waals surface area contributed by atoms with Gasteiger partial charge >= 0.3 is 0 Å². The number of halogens is 1. The first-order valence-electron chi connectivity index (χ1n) is 5.07. The number of non-ortho nitro benzene ring substituents is 1. The first-order chi connectivity index (χ1) is 8.20. The molecule has 18 heavy (non-hydrogen) atoms. The molecule has 0 atom stereocenters. The Morgan fingerprint density at radius 3 is 2.89 bits per heavy atom. The quantitative estimate of drug-likeness (QED) is 0.642. The number of H-pyrrole nitrogens is 1. The van der Waals surface area contributed by atoms with Crippen molar-refractivity contribution in [2.24, 2.45) is 5.73 Å². The van der Waals surface area contributed by atoms with Gasteiger partial charge in [-0.15, -0.1) is 12.4 Å². The van der Waals surface area contributed by atoms with Gasteiger partial charge in [0.1, 0.15) is 5.82 Å². The summed E-state index contributed by atoms with van der Waals surface area (Å²) >= 11 is 0. The molecule has 2 aromatic rings. The summed E-state index contributed by atoms with van der Waals surface area (Å²) < 4.78 is 0. The Kier molecular flexibility index (Phi) is 4.75. The Bertz CT molecular complexity index is 543. The maximum absolute atomic E-state index is 10.6. The molecule has 0 aliphatic heterocycles. The molecule has 0 aliphatic carbocycles. The van der Waals surface area contributed by atoms with Crippen LogP contribution in [0.1, 0.15) is 5.82 Å². The van der Waals surface area contributed by atoms with Crippen LogP contribution in [0, 0.1) is 10.1 Å². The lowest BCUT2D eigenvalue weighted by Gasteiger charge is -1.95. The Hall–Kier alpha value is -1.99. The summed E-state index contributed by atoms with van der Waals surface area (Å²) in [4.78, 5) is 14.4. The molecule has 1 aromatic carbocycles. The number of nitro groups is 1. The third kappa shape index (κ3) is 3.02. The van der Waals surface area contributed by atoms with Gasteiger partial charge in [-0.05, 0) is 6.54 Å². The van der Waals surface area contributed by atoms with E-state index in [1.54, 1.807) is 12.1 Å². The van der Waals surface area contributed by atoms with E-state index in [2.05, 4.69) is 15.2 Å². The second kappa shape index (κ2) is 6.08. The first-order valence-corrected chi connectivity index (χ1v) is 5.07. The average Bonchev–Trinajstić information content (AvgIpc) is 2.78. The minimum absolute atomic E-state index is 0. The molecule has 96 valence electrons. The number of nitrogens with two attached hydrogens (primary N) is 1. The van der Waals surface area contributed by atoms with Gasteiger partial charge in [-0.1, -0.05) is 12.1 Å². The van der Waals surface area contributed by atoms with Crippen LogP contribution in [-0.2, 0) is 6.42 Å². The number of nitro benzene ring substituents is 1. The summed E-state index contributed by atoms with van der Waals surface area (Å²) in [5.74, 6) is 1.12. The summed E-state index contributed by atoms with van der Waals surface area (Å²) in [7, 11) is 0. The molecule has 0 fully saturated rings.